The number of esters is 1. The summed E-state index contributed by atoms with van der Waals surface area (Å²) in [6.07, 6.45) is 0.182. The molecule has 1 aromatic rings. The van der Waals surface area contributed by atoms with Crippen molar-refractivity contribution in [2.45, 2.75) is 39.7 Å². The van der Waals surface area contributed by atoms with Gasteiger partial charge in [0.2, 0.25) is 0 Å². The number of ether oxygens (including phenoxy) is 1. The van der Waals surface area contributed by atoms with Crippen LogP contribution in [-0.2, 0) is 20.7 Å². The largest absolute Gasteiger partial charge is 0.459 e. The van der Waals surface area contributed by atoms with Gasteiger partial charge in [0.15, 0.2) is 5.78 Å². The first-order valence-electron chi connectivity index (χ1n) is 6.19. The molecule has 0 spiro atoms. The summed E-state index contributed by atoms with van der Waals surface area (Å²) >= 11 is 5.85. The number of carbonyl (C=O) groups excluding carboxylic acids is 2. The lowest BCUT2D eigenvalue weighted by molar-refractivity contribution is -0.161. The molecule has 3 nitrogen and oxygen atoms in total. The summed E-state index contributed by atoms with van der Waals surface area (Å²) in [5, 5.41) is 0.579. The van der Waals surface area contributed by atoms with Gasteiger partial charge in [-0.05, 0) is 45.4 Å². The molecule has 1 unspecified atom stereocenters. The highest BCUT2D eigenvalue weighted by molar-refractivity contribution is 6.30. The molecule has 4 heteroatoms. The summed E-state index contributed by atoms with van der Waals surface area (Å²) < 4.78 is 5.20. The molecule has 0 aliphatic carbocycles. The molecule has 0 bridgehead atoms. The Balaban J connectivity index is 2.65. The quantitative estimate of drug-likeness (QED) is 0.628. The van der Waals surface area contributed by atoms with Crippen LogP contribution in [0.25, 0.3) is 0 Å². The zero-order valence-electron chi connectivity index (χ0n) is 11.7. The van der Waals surface area contributed by atoms with Crippen molar-refractivity contribution in [3.8, 4) is 0 Å². The van der Waals surface area contributed by atoms with E-state index >= 15 is 0 Å². The second-order valence-electron chi connectivity index (χ2n) is 5.53. The Kier molecular flexibility index (Phi) is 5.12. The van der Waals surface area contributed by atoms with Gasteiger partial charge in [0.1, 0.15) is 11.5 Å². The highest BCUT2D eigenvalue weighted by Gasteiger charge is 2.26. The molecule has 0 aliphatic rings. The lowest BCUT2D eigenvalue weighted by Crippen LogP contribution is -2.31. The SMILES string of the molecule is CC(C(=O)Cc1cccc(Cl)c1)C(=O)OC(C)(C)C. The molecule has 0 amide bonds. The molecule has 0 aromatic heterocycles. The molecule has 0 N–H and O–H groups in total. The predicted molar refractivity (Wildman–Crippen MR) is 75.2 cm³/mol. The van der Waals surface area contributed by atoms with Crippen molar-refractivity contribution in [1.82, 2.24) is 0 Å². The van der Waals surface area contributed by atoms with E-state index in [2.05, 4.69) is 0 Å². The number of halogens is 1. The van der Waals surface area contributed by atoms with Gasteiger partial charge >= 0.3 is 5.97 Å². The Morgan fingerprint density at radius 3 is 2.47 bits per heavy atom. The van der Waals surface area contributed by atoms with Crippen LogP contribution in [0.3, 0.4) is 0 Å². The molecule has 1 rings (SSSR count). The van der Waals surface area contributed by atoms with E-state index in [1.807, 2.05) is 6.07 Å². The molecule has 104 valence electrons. The van der Waals surface area contributed by atoms with Crippen LogP contribution in [0.4, 0.5) is 0 Å². The third-order valence-corrected chi connectivity index (χ3v) is 2.75. The number of carbonyl (C=O) groups is 2. The van der Waals surface area contributed by atoms with Gasteiger partial charge in [-0.25, -0.2) is 0 Å². The monoisotopic (exact) mass is 282 g/mol. The minimum absolute atomic E-state index is 0.170. The van der Waals surface area contributed by atoms with Crippen molar-refractivity contribution in [2.24, 2.45) is 5.92 Å². The molecule has 1 atom stereocenters. The molecule has 1 aromatic carbocycles. The summed E-state index contributed by atoms with van der Waals surface area (Å²) in [4.78, 5) is 23.8. The molecule has 0 saturated carbocycles. The summed E-state index contributed by atoms with van der Waals surface area (Å²) in [5.41, 5.74) is 0.217. The fraction of sp³-hybridized carbons (Fsp3) is 0.467. The second-order valence-corrected chi connectivity index (χ2v) is 5.96. The zero-order chi connectivity index (χ0) is 14.6. The van der Waals surface area contributed by atoms with Crippen LogP contribution in [0.1, 0.15) is 33.3 Å². The van der Waals surface area contributed by atoms with Gasteiger partial charge < -0.3 is 4.74 Å². The molecule has 0 aliphatic heterocycles. The van der Waals surface area contributed by atoms with E-state index in [4.69, 9.17) is 16.3 Å². The van der Waals surface area contributed by atoms with Gasteiger partial charge in [-0.2, -0.15) is 0 Å². The summed E-state index contributed by atoms with van der Waals surface area (Å²) in [6.45, 7) is 6.90. The van der Waals surface area contributed by atoms with Crippen molar-refractivity contribution in [3.05, 3.63) is 34.9 Å². The molecule has 19 heavy (non-hydrogen) atoms. The van der Waals surface area contributed by atoms with E-state index in [-0.39, 0.29) is 12.2 Å². The van der Waals surface area contributed by atoms with Gasteiger partial charge in [-0.3, -0.25) is 9.59 Å². The molecule has 0 fully saturated rings. The van der Waals surface area contributed by atoms with Crippen molar-refractivity contribution >= 4 is 23.4 Å². The molecule has 0 heterocycles. The molecular weight excluding hydrogens is 264 g/mol. The number of ketones is 1. The van der Waals surface area contributed by atoms with E-state index in [1.165, 1.54) is 0 Å². The Morgan fingerprint density at radius 2 is 1.95 bits per heavy atom. The van der Waals surface area contributed by atoms with Crippen LogP contribution in [0.5, 0.6) is 0 Å². The maximum atomic E-state index is 12.0. The Bertz CT molecular complexity index is 475. The summed E-state index contributed by atoms with van der Waals surface area (Å²) in [7, 11) is 0. The van der Waals surface area contributed by atoms with Crippen LogP contribution in [-0.4, -0.2) is 17.4 Å². The predicted octanol–water partition coefficient (Wildman–Crippen LogP) is 3.43. The first-order chi connectivity index (χ1) is 8.69. The van der Waals surface area contributed by atoms with E-state index in [9.17, 15) is 9.59 Å². The highest BCUT2D eigenvalue weighted by atomic mass is 35.5. The van der Waals surface area contributed by atoms with E-state index < -0.39 is 17.5 Å². The standard InChI is InChI=1S/C15H19ClO3/c1-10(14(18)19-15(2,3)4)13(17)9-11-6-5-7-12(16)8-11/h5-8,10H,9H2,1-4H3. The smallest absolute Gasteiger partial charge is 0.316 e. The number of rotatable bonds is 4. The average Bonchev–Trinajstić information content (AvgIpc) is 2.25. The van der Waals surface area contributed by atoms with Gasteiger partial charge in [0.25, 0.3) is 0 Å². The summed E-state index contributed by atoms with van der Waals surface area (Å²) in [6, 6.07) is 7.06. The zero-order valence-corrected chi connectivity index (χ0v) is 12.5. The molecular formula is C15H19ClO3. The van der Waals surface area contributed by atoms with Gasteiger partial charge in [0, 0.05) is 11.4 Å². The van der Waals surface area contributed by atoms with E-state index in [0.717, 1.165) is 5.56 Å². The number of Topliss-reactive ketones (excluding diaryl/α,β-unsaturated/α-hetero) is 1. The van der Waals surface area contributed by atoms with Gasteiger partial charge in [-0.15, -0.1) is 0 Å². The van der Waals surface area contributed by atoms with Gasteiger partial charge in [-0.1, -0.05) is 23.7 Å². The van der Waals surface area contributed by atoms with Crippen LogP contribution >= 0.6 is 11.6 Å². The Hall–Kier alpha value is -1.35. The van der Waals surface area contributed by atoms with Crippen LogP contribution in [0, 0.1) is 5.92 Å². The van der Waals surface area contributed by atoms with Crippen molar-refractivity contribution < 1.29 is 14.3 Å². The van der Waals surface area contributed by atoms with Gasteiger partial charge in [0.05, 0.1) is 0 Å². The molecule has 0 saturated heterocycles. The van der Waals surface area contributed by atoms with Crippen LogP contribution in [0.15, 0.2) is 24.3 Å². The minimum Gasteiger partial charge on any atom is -0.459 e. The third-order valence-electron chi connectivity index (χ3n) is 2.51. The number of hydrogen-bond donors (Lipinski definition) is 0. The fourth-order valence-electron chi connectivity index (χ4n) is 1.52. The normalized spacial score (nSPS) is 12.9. The van der Waals surface area contributed by atoms with Crippen LogP contribution < -0.4 is 0 Å². The first kappa shape index (κ1) is 15.7. The third kappa shape index (κ3) is 5.43. The topological polar surface area (TPSA) is 43.4 Å². The van der Waals surface area contributed by atoms with E-state index in [1.54, 1.807) is 45.9 Å². The maximum Gasteiger partial charge on any atom is 0.316 e. The highest BCUT2D eigenvalue weighted by Crippen LogP contribution is 2.15. The van der Waals surface area contributed by atoms with E-state index in [0.29, 0.717) is 5.02 Å². The maximum absolute atomic E-state index is 12.0. The van der Waals surface area contributed by atoms with Crippen molar-refractivity contribution in [3.63, 3.8) is 0 Å². The number of hydrogen-bond acceptors (Lipinski definition) is 3. The summed E-state index contributed by atoms with van der Waals surface area (Å²) in [5.74, 6) is -1.42. The van der Waals surface area contributed by atoms with Crippen molar-refractivity contribution in [1.29, 1.82) is 0 Å². The first-order valence-corrected chi connectivity index (χ1v) is 6.57. The number of benzene rings is 1. The second kappa shape index (κ2) is 6.20. The average molecular weight is 283 g/mol. The fourth-order valence-corrected chi connectivity index (χ4v) is 1.74. The lowest BCUT2D eigenvalue weighted by Gasteiger charge is -2.21. The van der Waals surface area contributed by atoms with Crippen LogP contribution in [0.2, 0.25) is 5.02 Å². The minimum atomic E-state index is -0.766. The molecule has 0 radical (unpaired) electrons. The Labute approximate surface area is 118 Å². The Morgan fingerprint density at radius 1 is 1.32 bits per heavy atom. The lowest BCUT2D eigenvalue weighted by atomic mass is 9.99. The van der Waals surface area contributed by atoms with Crippen molar-refractivity contribution in [2.75, 3.05) is 0 Å².